The molecule has 1 amide bonds. The maximum atomic E-state index is 12.3. The molecule has 4 aromatic rings. The predicted molar refractivity (Wildman–Crippen MR) is 121 cm³/mol. The average Bonchev–Trinajstić information content (AvgIpc) is 2.74. The average molecular weight is 464 g/mol. The number of nitrogen functional groups attached to an aromatic ring is 1. The number of pyridine rings is 1. The van der Waals surface area contributed by atoms with Crippen molar-refractivity contribution in [1.82, 2.24) is 20.4 Å². The van der Waals surface area contributed by atoms with Crippen molar-refractivity contribution >= 4 is 55.8 Å². The van der Waals surface area contributed by atoms with Crippen LogP contribution in [0.1, 0.15) is 16.1 Å². The Balaban J connectivity index is 1.53. The number of amides is 1. The van der Waals surface area contributed by atoms with Gasteiger partial charge in [0.25, 0.3) is 5.91 Å². The quantitative estimate of drug-likeness (QED) is 0.328. The number of aromatic nitrogens is 3. The fourth-order valence-corrected chi connectivity index (χ4v) is 3.14. The van der Waals surface area contributed by atoms with Crippen molar-refractivity contribution in [3.8, 4) is 0 Å². The van der Waals surface area contributed by atoms with Crippen LogP contribution in [0.3, 0.4) is 0 Å². The number of carbonyl (C=O) groups excluding carboxylic acids is 1. The molecule has 2 heterocycles. The van der Waals surface area contributed by atoms with Gasteiger partial charge in [-0.05, 0) is 55.5 Å². The van der Waals surface area contributed by atoms with Crippen molar-refractivity contribution in [3.63, 3.8) is 0 Å². The SMILES string of the molecule is Cc1ccc2c(Nc3ncnc(NNC(=O)c4ccc(Br)cc4)c3N)cccc2n1. The third-order valence-electron chi connectivity index (χ3n) is 4.41. The number of carbonyl (C=O) groups is 1. The highest BCUT2D eigenvalue weighted by Gasteiger charge is 2.12. The third-order valence-corrected chi connectivity index (χ3v) is 4.94. The molecule has 30 heavy (non-hydrogen) atoms. The number of aryl methyl sites for hydroxylation is 1. The molecule has 9 heteroatoms. The van der Waals surface area contributed by atoms with E-state index >= 15 is 0 Å². The van der Waals surface area contributed by atoms with Crippen LogP contribution in [0.15, 0.2) is 65.4 Å². The largest absolute Gasteiger partial charge is 0.393 e. The van der Waals surface area contributed by atoms with Gasteiger partial charge in [0.05, 0.1) is 5.52 Å². The summed E-state index contributed by atoms with van der Waals surface area (Å²) in [4.78, 5) is 25.2. The summed E-state index contributed by atoms with van der Waals surface area (Å²) in [5, 5.41) is 4.17. The van der Waals surface area contributed by atoms with Crippen LogP contribution >= 0.6 is 15.9 Å². The van der Waals surface area contributed by atoms with Crippen LogP contribution in [0.25, 0.3) is 10.9 Å². The first-order valence-electron chi connectivity index (χ1n) is 9.07. The molecule has 0 aliphatic heterocycles. The second kappa shape index (κ2) is 8.34. The van der Waals surface area contributed by atoms with E-state index in [1.165, 1.54) is 6.33 Å². The first-order chi connectivity index (χ1) is 14.5. The zero-order valence-electron chi connectivity index (χ0n) is 16.0. The molecule has 150 valence electrons. The van der Waals surface area contributed by atoms with Crippen LogP contribution in [0.5, 0.6) is 0 Å². The number of fused-ring (bicyclic) bond motifs is 1. The lowest BCUT2D eigenvalue weighted by atomic mass is 10.1. The summed E-state index contributed by atoms with van der Waals surface area (Å²) in [6, 6.07) is 16.7. The van der Waals surface area contributed by atoms with E-state index in [-0.39, 0.29) is 17.4 Å². The molecule has 8 nitrogen and oxygen atoms in total. The summed E-state index contributed by atoms with van der Waals surface area (Å²) in [6.07, 6.45) is 1.36. The van der Waals surface area contributed by atoms with Crippen molar-refractivity contribution in [2.45, 2.75) is 6.92 Å². The second-order valence-electron chi connectivity index (χ2n) is 6.52. The number of hydrazine groups is 1. The van der Waals surface area contributed by atoms with Gasteiger partial charge in [-0.2, -0.15) is 0 Å². The van der Waals surface area contributed by atoms with Gasteiger partial charge in [0.1, 0.15) is 12.0 Å². The molecule has 0 aliphatic rings. The lowest BCUT2D eigenvalue weighted by Crippen LogP contribution is -2.30. The highest BCUT2D eigenvalue weighted by Crippen LogP contribution is 2.29. The number of anilines is 4. The van der Waals surface area contributed by atoms with E-state index in [4.69, 9.17) is 5.73 Å². The Hall–Kier alpha value is -3.72. The molecule has 0 atom stereocenters. The number of nitrogens with zero attached hydrogens (tertiary/aromatic N) is 3. The summed E-state index contributed by atoms with van der Waals surface area (Å²) < 4.78 is 0.890. The number of nitrogens with one attached hydrogen (secondary N) is 3. The molecular weight excluding hydrogens is 446 g/mol. The zero-order chi connectivity index (χ0) is 21.1. The molecule has 4 rings (SSSR count). The van der Waals surface area contributed by atoms with Crippen molar-refractivity contribution in [3.05, 3.63) is 76.7 Å². The molecule has 0 fully saturated rings. The standard InChI is InChI=1S/C21H18BrN7O/c1-12-5-10-15-16(26-12)3-2-4-17(15)27-19-18(23)20(25-11-24-19)28-29-21(30)13-6-8-14(22)9-7-13/h2-11H,23H2,1H3,(H,29,30)(H2,24,25,27,28). The van der Waals surface area contributed by atoms with Crippen molar-refractivity contribution in [2.24, 2.45) is 0 Å². The Morgan fingerprint density at radius 2 is 1.77 bits per heavy atom. The van der Waals surface area contributed by atoms with E-state index < -0.39 is 0 Å². The molecule has 2 aromatic carbocycles. The number of halogens is 1. The van der Waals surface area contributed by atoms with Crippen molar-refractivity contribution in [1.29, 1.82) is 0 Å². The van der Waals surface area contributed by atoms with Gasteiger partial charge < -0.3 is 11.1 Å². The number of hydrogen-bond acceptors (Lipinski definition) is 7. The maximum Gasteiger partial charge on any atom is 0.269 e. The highest BCUT2D eigenvalue weighted by molar-refractivity contribution is 9.10. The van der Waals surface area contributed by atoms with Gasteiger partial charge in [-0.25, -0.2) is 9.97 Å². The normalized spacial score (nSPS) is 10.6. The van der Waals surface area contributed by atoms with Crippen molar-refractivity contribution < 1.29 is 4.79 Å². The Morgan fingerprint density at radius 1 is 1.00 bits per heavy atom. The molecule has 2 aromatic heterocycles. The molecule has 0 bridgehead atoms. The fraction of sp³-hybridized carbons (Fsp3) is 0.0476. The second-order valence-corrected chi connectivity index (χ2v) is 7.44. The summed E-state index contributed by atoms with van der Waals surface area (Å²) in [5.41, 5.74) is 15.0. The Kier molecular flexibility index (Phi) is 5.44. The van der Waals surface area contributed by atoms with E-state index in [0.29, 0.717) is 11.4 Å². The smallest absolute Gasteiger partial charge is 0.269 e. The molecule has 5 N–H and O–H groups in total. The molecular formula is C21H18BrN7O. The lowest BCUT2D eigenvalue weighted by molar-refractivity contribution is 0.0962. The minimum absolute atomic E-state index is 0.269. The molecule has 0 saturated carbocycles. The van der Waals surface area contributed by atoms with Gasteiger partial charge in [-0.15, -0.1) is 0 Å². The van der Waals surface area contributed by atoms with Gasteiger partial charge in [0.2, 0.25) is 0 Å². The third kappa shape index (κ3) is 4.15. The summed E-state index contributed by atoms with van der Waals surface area (Å²) in [7, 11) is 0. The highest BCUT2D eigenvalue weighted by atomic mass is 79.9. The van der Waals surface area contributed by atoms with Gasteiger partial charge >= 0.3 is 0 Å². The van der Waals surface area contributed by atoms with Crippen LogP contribution in [0.4, 0.5) is 23.0 Å². The number of rotatable bonds is 5. The summed E-state index contributed by atoms with van der Waals surface area (Å²) in [6.45, 7) is 1.95. The molecule has 0 aliphatic carbocycles. The lowest BCUT2D eigenvalue weighted by Gasteiger charge is -2.14. The minimum Gasteiger partial charge on any atom is -0.393 e. The van der Waals surface area contributed by atoms with Crippen LogP contribution in [-0.2, 0) is 0 Å². The Labute approximate surface area is 181 Å². The topological polar surface area (TPSA) is 118 Å². The first kappa shape index (κ1) is 19.6. The fourth-order valence-electron chi connectivity index (χ4n) is 2.88. The van der Waals surface area contributed by atoms with Gasteiger partial charge in [0.15, 0.2) is 11.6 Å². The van der Waals surface area contributed by atoms with Crippen LogP contribution in [-0.4, -0.2) is 20.9 Å². The number of hydrogen-bond donors (Lipinski definition) is 4. The monoisotopic (exact) mass is 463 g/mol. The van der Waals surface area contributed by atoms with Crippen LogP contribution < -0.4 is 21.9 Å². The van der Waals surface area contributed by atoms with E-state index in [0.717, 1.165) is 26.8 Å². The van der Waals surface area contributed by atoms with Gasteiger partial charge in [0, 0.05) is 26.8 Å². The van der Waals surface area contributed by atoms with Crippen molar-refractivity contribution in [2.75, 3.05) is 16.5 Å². The molecule has 0 spiro atoms. The molecule has 0 saturated heterocycles. The van der Waals surface area contributed by atoms with E-state index in [9.17, 15) is 4.79 Å². The van der Waals surface area contributed by atoms with E-state index in [1.54, 1.807) is 24.3 Å². The van der Waals surface area contributed by atoms with E-state index in [2.05, 4.69) is 47.1 Å². The van der Waals surface area contributed by atoms with Crippen LogP contribution in [0.2, 0.25) is 0 Å². The number of benzene rings is 2. The molecule has 0 radical (unpaired) electrons. The Morgan fingerprint density at radius 3 is 2.57 bits per heavy atom. The Bertz CT molecular complexity index is 1230. The van der Waals surface area contributed by atoms with Crippen LogP contribution in [0, 0.1) is 6.92 Å². The van der Waals surface area contributed by atoms with Gasteiger partial charge in [-0.1, -0.05) is 22.0 Å². The first-order valence-corrected chi connectivity index (χ1v) is 9.86. The summed E-state index contributed by atoms with van der Waals surface area (Å²) >= 11 is 3.34. The predicted octanol–water partition coefficient (Wildman–Crippen LogP) is 4.18. The minimum atomic E-state index is -0.314. The van der Waals surface area contributed by atoms with E-state index in [1.807, 2.05) is 37.3 Å². The zero-order valence-corrected chi connectivity index (χ0v) is 17.6. The summed E-state index contributed by atoms with van der Waals surface area (Å²) in [5.74, 6) is 0.385. The molecule has 0 unspecified atom stereocenters. The van der Waals surface area contributed by atoms with Gasteiger partial charge in [-0.3, -0.25) is 20.6 Å². The maximum absolute atomic E-state index is 12.3. The number of nitrogens with two attached hydrogens (primary N) is 1.